The molecule has 0 saturated carbocycles. The first-order valence-electron chi connectivity index (χ1n) is 7.61. The number of hydrogen-bond donors (Lipinski definition) is 1. The van der Waals surface area contributed by atoms with Crippen LogP contribution in [0.3, 0.4) is 0 Å². The maximum atomic E-state index is 13.3. The molecule has 1 saturated heterocycles. The second-order valence-corrected chi connectivity index (χ2v) is 6.85. The first-order valence-corrected chi connectivity index (χ1v) is 8.02. The van der Waals surface area contributed by atoms with Gasteiger partial charge in [-0.2, -0.15) is 18.4 Å². The second-order valence-electron chi connectivity index (χ2n) is 6.48. The number of halogens is 3. The van der Waals surface area contributed by atoms with Gasteiger partial charge in [0.1, 0.15) is 5.54 Å². The molecule has 1 amide bonds. The Morgan fingerprint density at radius 2 is 2.08 bits per heavy atom. The van der Waals surface area contributed by atoms with E-state index < -0.39 is 35.7 Å². The van der Waals surface area contributed by atoms with Crippen LogP contribution in [-0.2, 0) is 4.79 Å². The van der Waals surface area contributed by atoms with E-state index in [0.29, 0.717) is 0 Å². The van der Waals surface area contributed by atoms with Crippen molar-refractivity contribution in [2.24, 2.45) is 0 Å². The van der Waals surface area contributed by atoms with Crippen molar-refractivity contribution in [2.45, 2.75) is 44.9 Å². The van der Waals surface area contributed by atoms with E-state index in [4.69, 9.17) is 12.2 Å². The fourth-order valence-electron chi connectivity index (χ4n) is 3.17. The van der Waals surface area contributed by atoms with Gasteiger partial charge in [0.15, 0.2) is 5.11 Å². The Balaban J connectivity index is 2.48. The number of carbonyl (C=O) groups excluding carboxylic acids is 1. The minimum atomic E-state index is -4.55. The third-order valence-electron chi connectivity index (χ3n) is 4.57. The Kier molecular flexibility index (Phi) is 4.99. The molecule has 1 unspecified atom stereocenters. The van der Waals surface area contributed by atoms with Crippen LogP contribution in [0, 0.1) is 11.3 Å². The van der Waals surface area contributed by atoms with Crippen LogP contribution in [0.15, 0.2) is 22.8 Å². The highest BCUT2D eigenvalue weighted by Crippen LogP contribution is 2.40. The number of nitriles is 1. The van der Waals surface area contributed by atoms with Gasteiger partial charge in [-0.3, -0.25) is 9.69 Å². The number of carbonyl (C=O) groups is 1. The third kappa shape index (κ3) is 3.16. The number of β-amino-alcohol motifs (C(OH)–C–C–N with tert-alkyl or cyclic N) is 1. The fraction of sp³-hybridized carbons (Fsp3) is 0.562. The van der Waals surface area contributed by atoms with Crippen LogP contribution >= 0.6 is 12.2 Å². The van der Waals surface area contributed by atoms with E-state index >= 15 is 0 Å². The number of hydrogen-bond acceptors (Lipinski definition) is 4. The second kappa shape index (κ2) is 6.42. The van der Waals surface area contributed by atoms with Crippen molar-refractivity contribution in [2.75, 3.05) is 13.2 Å². The molecular formula is C16H18F3N3O2S. The number of amides is 1. The zero-order chi connectivity index (χ0) is 19.2. The van der Waals surface area contributed by atoms with Gasteiger partial charge in [0, 0.05) is 18.5 Å². The lowest BCUT2D eigenvalue weighted by atomic mass is 9.87. The molecular weight excluding hydrogens is 355 g/mol. The summed E-state index contributed by atoms with van der Waals surface area (Å²) < 4.78 is 39.8. The van der Waals surface area contributed by atoms with E-state index in [9.17, 15) is 28.3 Å². The van der Waals surface area contributed by atoms with Crippen molar-refractivity contribution in [1.82, 2.24) is 9.80 Å². The molecule has 2 aliphatic rings. The number of rotatable bonds is 3. The predicted octanol–water partition coefficient (Wildman–Crippen LogP) is 2.29. The van der Waals surface area contributed by atoms with Gasteiger partial charge in [0.05, 0.1) is 24.3 Å². The number of aliphatic hydroxyl groups is 1. The zero-order valence-corrected chi connectivity index (χ0v) is 14.8. The molecule has 1 aliphatic carbocycles. The van der Waals surface area contributed by atoms with Crippen LogP contribution in [-0.4, -0.2) is 56.8 Å². The van der Waals surface area contributed by atoms with E-state index in [0.717, 1.165) is 11.0 Å². The number of nitrogens with zero attached hydrogens (tertiary/aromatic N) is 3. The summed E-state index contributed by atoms with van der Waals surface area (Å²) in [5.41, 5.74) is -1.85. The molecule has 0 aromatic carbocycles. The summed E-state index contributed by atoms with van der Waals surface area (Å²) in [6, 6.07) is 0.783. The molecule has 0 spiro atoms. The molecule has 1 atom stereocenters. The van der Waals surface area contributed by atoms with Crippen LogP contribution in [0.5, 0.6) is 0 Å². The van der Waals surface area contributed by atoms with Crippen molar-refractivity contribution in [3.8, 4) is 6.07 Å². The summed E-state index contributed by atoms with van der Waals surface area (Å²) in [4.78, 5) is 15.4. The van der Waals surface area contributed by atoms with Crippen molar-refractivity contribution in [3.63, 3.8) is 0 Å². The Morgan fingerprint density at radius 1 is 1.48 bits per heavy atom. The van der Waals surface area contributed by atoms with Gasteiger partial charge in [-0.25, -0.2) is 0 Å². The number of allylic oxidation sites excluding steroid dienone is 2. The predicted molar refractivity (Wildman–Crippen MR) is 88.2 cm³/mol. The molecule has 0 aromatic heterocycles. The minimum Gasteiger partial charge on any atom is -0.395 e. The molecule has 9 heteroatoms. The Hall–Kier alpha value is -1.92. The van der Waals surface area contributed by atoms with Crippen LogP contribution in [0.1, 0.15) is 27.2 Å². The third-order valence-corrected chi connectivity index (χ3v) is 4.98. The van der Waals surface area contributed by atoms with E-state index in [1.807, 2.05) is 6.07 Å². The first kappa shape index (κ1) is 19.4. The highest BCUT2D eigenvalue weighted by atomic mass is 32.1. The summed E-state index contributed by atoms with van der Waals surface area (Å²) in [6.45, 7) is 4.28. The molecule has 0 bridgehead atoms. The molecule has 5 nitrogen and oxygen atoms in total. The lowest BCUT2D eigenvalue weighted by Crippen LogP contribution is -2.46. The van der Waals surface area contributed by atoms with Crippen molar-refractivity contribution in [1.29, 1.82) is 5.26 Å². The summed E-state index contributed by atoms with van der Waals surface area (Å²) in [5, 5.41) is 18.6. The van der Waals surface area contributed by atoms with Crippen molar-refractivity contribution < 1.29 is 23.1 Å². The van der Waals surface area contributed by atoms with Crippen LogP contribution in [0.4, 0.5) is 13.2 Å². The van der Waals surface area contributed by atoms with Gasteiger partial charge < -0.3 is 10.0 Å². The van der Waals surface area contributed by atoms with Crippen LogP contribution in [0.25, 0.3) is 0 Å². The van der Waals surface area contributed by atoms with E-state index in [2.05, 4.69) is 0 Å². The molecule has 25 heavy (non-hydrogen) atoms. The highest BCUT2D eigenvalue weighted by Gasteiger charge is 2.53. The maximum Gasteiger partial charge on any atom is 0.413 e. The normalized spacial score (nSPS) is 23.9. The van der Waals surface area contributed by atoms with Gasteiger partial charge in [0.25, 0.3) is 5.91 Å². The topological polar surface area (TPSA) is 67.6 Å². The smallest absolute Gasteiger partial charge is 0.395 e. The number of aliphatic hydroxyl groups excluding tert-OH is 1. The maximum absolute atomic E-state index is 13.3. The lowest BCUT2D eigenvalue weighted by molar-refractivity contribution is -0.133. The first-order chi connectivity index (χ1) is 11.5. The molecule has 0 aromatic rings. The van der Waals surface area contributed by atoms with Crippen LogP contribution in [0.2, 0.25) is 0 Å². The molecule has 1 fully saturated rings. The molecule has 2 rings (SSSR count). The average molecular weight is 373 g/mol. The molecule has 1 heterocycles. The standard InChI is InChI=1S/C16H18F3N3O2S/c1-9-6-10(8-20)12(7-11(9)16(17,18)19)22-13(24)15(2,3)21(4-5-23)14(22)25/h6,12,23H,4-5,7H2,1-3H3. The summed E-state index contributed by atoms with van der Waals surface area (Å²) in [5.74, 6) is -0.488. The molecule has 136 valence electrons. The van der Waals surface area contributed by atoms with E-state index in [1.54, 1.807) is 13.8 Å². The lowest BCUT2D eigenvalue weighted by Gasteiger charge is -2.32. The Labute approximate surface area is 149 Å². The molecule has 0 radical (unpaired) electrons. The largest absolute Gasteiger partial charge is 0.413 e. The summed E-state index contributed by atoms with van der Waals surface area (Å²) >= 11 is 5.28. The Morgan fingerprint density at radius 3 is 2.56 bits per heavy atom. The van der Waals surface area contributed by atoms with Crippen molar-refractivity contribution in [3.05, 3.63) is 22.8 Å². The fourth-order valence-corrected chi connectivity index (χ4v) is 3.70. The summed E-state index contributed by atoms with van der Waals surface area (Å²) in [7, 11) is 0. The van der Waals surface area contributed by atoms with E-state index in [-0.39, 0.29) is 29.4 Å². The van der Waals surface area contributed by atoms with Crippen LogP contribution < -0.4 is 0 Å². The van der Waals surface area contributed by atoms with Gasteiger partial charge in [0.2, 0.25) is 0 Å². The molecule has 1 aliphatic heterocycles. The molecule has 1 N–H and O–H groups in total. The Bertz CT molecular complexity index is 719. The monoisotopic (exact) mass is 373 g/mol. The van der Waals surface area contributed by atoms with Gasteiger partial charge in [-0.1, -0.05) is 0 Å². The average Bonchev–Trinajstić information content (AvgIpc) is 2.67. The number of alkyl halides is 3. The summed E-state index contributed by atoms with van der Waals surface area (Å²) in [6.07, 6.45) is -3.91. The van der Waals surface area contributed by atoms with Gasteiger partial charge >= 0.3 is 6.18 Å². The highest BCUT2D eigenvalue weighted by molar-refractivity contribution is 7.80. The van der Waals surface area contributed by atoms with E-state index in [1.165, 1.54) is 11.8 Å². The quantitative estimate of drug-likeness (QED) is 0.769. The van der Waals surface area contributed by atoms with Gasteiger partial charge in [-0.05, 0) is 44.6 Å². The van der Waals surface area contributed by atoms with Gasteiger partial charge in [-0.15, -0.1) is 0 Å². The van der Waals surface area contributed by atoms with Crippen molar-refractivity contribution >= 4 is 23.2 Å². The zero-order valence-electron chi connectivity index (χ0n) is 14.0. The SMILES string of the molecule is CC1=C(C(F)(F)F)CC(N2C(=O)C(C)(C)N(CCO)C2=S)C(C#N)=C1. The minimum absolute atomic E-state index is 0.0243. The number of thiocarbonyl (C=S) groups is 1.